The van der Waals surface area contributed by atoms with Crippen LogP contribution in [-0.4, -0.2) is 45.0 Å². The molecule has 10 nitrogen and oxygen atoms in total. The van der Waals surface area contributed by atoms with Gasteiger partial charge in [-0.2, -0.15) is 16.8 Å². The van der Waals surface area contributed by atoms with Crippen LogP contribution in [0.2, 0.25) is 0 Å². The molecule has 0 spiro atoms. The van der Waals surface area contributed by atoms with Crippen molar-refractivity contribution in [1.29, 1.82) is 0 Å². The number of ketones is 1. The van der Waals surface area contributed by atoms with E-state index in [1.165, 1.54) is 6.07 Å². The Hall–Kier alpha value is -5.79. The number of carbonyl (C=O) groups excluding carboxylic acids is 1. The average Bonchev–Trinajstić information content (AvgIpc) is 3.47. The molecular formula is C49H50O10S2. The van der Waals surface area contributed by atoms with Crippen LogP contribution in [0.3, 0.4) is 0 Å². The summed E-state index contributed by atoms with van der Waals surface area (Å²) in [6, 6.07) is 20.6. The Morgan fingerprint density at radius 2 is 1.08 bits per heavy atom. The highest BCUT2D eigenvalue weighted by Gasteiger charge is 2.53. The Kier molecular flexibility index (Phi) is 11.9. The molecule has 3 N–H and O–H groups in total. The van der Waals surface area contributed by atoms with Crippen LogP contribution >= 0.6 is 0 Å². The van der Waals surface area contributed by atoms with Gasteiger partial charge in [0.2, 0.25) is 0 Å². The van der Waals surface area contributed by atoms with E-state index in [-0.39, 0.29) is 32.8 Å². The van der Waals surface area contributed by atoms with Crippen LogP contribution in [0.1, 0.15) is 86.2 Å². The van der Waals surface area contributed by atoms with Crippen LogP contribution in [0.4, 0.5) is 0 Å². The van der Waals surface area contributed by atoms with Crippen LogP contribution in [-0.2, 0) is 39.0 Å². The van der Waals surface area contributed by atoms with Crippen LogP contribution in [0.15, 0.2) is 111 Å². The quantitative estimate of drug-likeness (QED) is 0.140. The number of fused-ring (bicyclic) bond motifs is 1. The summed E-state index contributed by atoms with van der Waals surface area (Å²) in [5.41, 5.74) is 9.53. The first-order valence-electron chi connectivity index (χ1n) is 19.5. The SMILES string of the molecule is COS(=O)(=O)c1ccccc1C(=C1C=C(C)C(=O)C(C)=C1)c1cc(C)c(O)c(C)c1.Cc1cc(C2(c3cc(C)c(O)c(C)c3C)OS(=O)(=O)c3ccccc32)c(C)c(C)c1O. The topological polar surface area (TPSA) is 164 Å². The van der Waals surface area contributed by atoms with Gasteiger partial charge in [-0.1, -0.05) is 36.4 Å². The third-order valence-electron chi connectivity index (χ3n) is 11.8. The normalized spacial score (nSPS) is 15.4. The summed E-state index contributed by atoms with van der Waals surface area (Å²) in [6.07, 6.45) is 3.52. The van der Waals surface area contributed by atoms with Crippen molar-refractivity contribution in [1.82, 2.24) is 0 Å². The smallest absolute Gasteiger partial charge is 0.298 e. The number of carbonyl (C=O) groups is 1. The van der Waals surface area contributed by atoms with E-state index in [4.69, 9.17) is 8.37 Å². The fourth-order valence-electron chi connectivity index (χ4n) is 8.28. The largest absolute Gasteiger partial charge is 0.507 e. The molecule has 0 unspecified atom stereocenters. The monoisotopic (exact) mass is 862 g/mol. The van der Waals surface area contributed by atoms with E-state index in [0.717, 1.165) is 23.8 Å². The van der Waals surface area contributed by atoms with E-state index < -0.39 is 25.8 Å². The van der Waals surface area contributed by atoms with Gasteiger partial charge in [0.25, 0.3) is 20.2 Å². The number of aromatic hydroxyl groups is 3. The predicted octanol–water partition coefficient (Wildman–Crippen LogP) is 9.58. The van der Waals surface area contributed by atoms with Gasteiger partial charge in [0.15, 0.2) is 11.4 Å². The lowest BCUT2D eigenvalue weighted by molar-refractivity contribution is -0.112. The summed E-state index contributed by atoms with van der Waals surface area (Å²) >= 11 is 0. The maximum Gasteiger partial charge on any atom is 0.298 e. The number of rotatable bonds is 6. The Morgan fingerprint density at radius 3 is 1.59 bits per heavy atom. The number of benzene rings is 5. The van der Waals surface area contributed by atoms with Crippen LogP contribution in [0.5, 0.6) is 17.2 Å². The van der Waals surface area contributed by atoms with Crippen molar-refractivity contribution in [3.63, 3.8) is 0 Å². The number of allylic oxidation sites excluding steroid dienone is 5. The molecule has 1 aliphatic carbocycles. The van der Waals surface area contributed by atoms with Crippen LogP contribution in [0, 0.1) is 55.4 Å². The van der Waals surface area contributed by atoms with Crippen LogP contribution < -0.4 is 0 Å². The number of hydrogen-bond acceptors (Lipinski definition) is 10. The van der Waals surface area contributed by atoms with Gasteiger partial charge < -0.3 is 15.3 Å². The van der Waals surface area contributed by atoms with Gasteiger partial charge in [-0.05, 0) is 201 Å². The minimum absolute atomic E-state index is 0.0346. The standard InChI is InChI=1S/C25H26O5S.C24H24O5S/c1-13-11-20(15(3)17(5)23(13)26)25(21-12-14(2)24(27)18(6)16(21)4)19-9-7-8-10-22(19)31(28,29)30-25;1-14-10-18(11-15(2)23(14)25)22(19-12-16(3)24(26)17(4)13-19)20-8-6-7-9-21(20)30(27,28)29-5/h7-12,26-27H,1-6H3;6-13,25H,1-5H3. The molecule has 61 heavy (non-hydrogen) atoms. The summed E-state index contributed by atoms with van der Waals surface area (Å²) in [5.74, 6) is 0.507. The van der Waals surface area contributed by atoms with E-state index in [2.05, 4.69) is 0 Å². The molecule has 7 rings (SSSR count). The highest BCUT2D eigenvalue weighted by Crippen LogP contribution is 2.54. The van der Waals surface area contributed by atoms with Gasteiger partial charge in [0, 0.05) is 11.1 Å². The summed E-state index contributed by atoms with van der Waals surface area (Å²) in [4.78, 5) is 12.4. The Balaban J connectivity index is 0.000000204. The predicted molar refractivity (Wildman–Crippen MR) is 236 cm³/mol. The molecule has 12 heteroatoms. The highest BCUT2D eigenvalue weighted by atomic mass is 32.2. The zero-order valence-electron chi connectivity index (χ0n) is 36.1. The van der Waals surface area contributed by atoms with Crippen molar-refractivity contribution in [3.05, 3.63) is 174 Å². The van der Waals surface area contributed by atoms with Crippen molar-refractivity contribution in [2.45, 2.75) is 84.6 Å². The third kappa shape index (κ3) is 7.63. The Morgan fingerprint density at radius 1 is 0.623 bits per heavy atom. The highest BCUT2D eigenvalue weighted by molar-refractivity contribution is 7.87. The summed E-state index contributed by atoms with van der Waals surface area (Å²) in [6.45, 7) is 18.0. The zero-order valence-corrected chi connectivity index (χ0v) is 37.7. The van der Waals surface area contributed by atoms with Gasteiger partial charge in [-0.15, -0.1) is 0 Å². The van der Waals surface area contributed by atoms with E-state index >= 15 is 0 Å². The first-order valence-corrected chi connectivity index (χ1v) is 22.3. The maximum absolute atomic E-state index is 13.2. The molecule has 0 radical (unpaired) electrons. The molecule has 0 aromatic heterocycles. The molecule has 2 aliphatic rings. The molecule has 0 fully saturated rings. The average molecular weight is 863 g/mol. The number of phenols is 3. The molecule has 1 heterocycles. The van der Waals surface area contributed by atoms with Crippen molar-refractivity contribution < 1.29 is 45.3 Å². The molecule has 0 bridgehead atoms. The summed E-state index contributed by atoms with van der Waals surface area (Å²) in [5, 5.41) is 31.2. The maximum atomic E-state index is 13.2. The lowest BCUT2D eigenvalue weighted by Gasteiger charge is -2.34. The first kappa shape index (κ1) is 44.8. The van der Waals surface area contributed by atoms with Gasteiger partial charge in [0.05, 0.1) is 7.11 Å². The molecule has 0 amide bonds. The van der Waals surface area contributed by atoms with E-state index in [1.807, 2.05) is 39.8 Å². The number of phenolic OH excluding ortho intramolecular Hbond substituents is 3. The van der Waals surface area contributed by atoms with E-state index in [9.17, 15) is 36.9 Å². The molecule has 0 atom stereocenters. The second-order valence-corrected chi connectivity index (χ2v) is 19.0. The molecular weight excluding hydrogens is 813 g/mol. The molecule has 318 valence electrons. The van der Waals surface area contributed by atoms with Crippen molar-refractivity contribution >= 4 is 31.6 Å². The lowest BCUT2D eigenvalue weighted by atomic mass is 9.74. The summed E-state index contributed by atoms with van der Waals surface area (Å²) in [7, 11) is -6.89. The van der Waals surface area contributed by atoms with Gasteiger partial charge in [-0.25, -0.2) is 4.18 Å². The van der Waals surface area contributed by atoms with Crippen molar-refractivity contribution in [2.75, 3.05) is 7.11 Å². The molecule has 5 aromatic carbocycles. The minimum atomic E-state index is -4.04. The van der Waals surface area contributed by atoms with Crippen molar-refractivity contribution in [3.8, 4) is 17.2 Å². The number of hydrogen-bond donors (Lipinski definition) is 3. The van der Waals surface area contributed by atoms with Gasteiger partial charge in [-0.3, -0.25) is 8.98 Å². The fraction of sp³-hybridized carbons (Fsp3) is 0.245. The third-order valence-corrected chi connectivity index (χ3v) is 14.5. The summed E-state index contributed by atoms with van der Waals surface area (Å²) < 4.78 is 62.5. The van der Waals surface area contributed by atoms with Crippen LogP contribution in [0.25, 0.3) is 5.57 Å². The molecule has 0 saturated carbocycles. The van der Waals surface area contributed by atoms with E-state index in [1.54, 1.807) is 108 Å². The second-order valence-electron chi connectivity index (χ2n) is 15.8. The second kappa shape index (κ2) is 16.2. The van der Waals surface area contributed by atoms with E-state index in [0.29, 0.717) is 77.9 Å². The Bertz CT molecular complexity index is 2890. The molecule has 0 saturated heterocycles. The number of Topliss-reactive ketones (excluding diaryl/α,β-unsaturated/α-hetero) is 1. The van der Waals surface area contributed by atoms with Crippen molar-refractivity contribution in [2.24, 2.45) is 0 Å². The first-order chi connectivity index (χ1) is 28.5. The molecule has 5 aromatic rings. The Labute approximate surface area is 358 Å². The molecule has 1 aliphatic heterocycles. The fourth-order valence-corrected chi connectivity index (χ4v) is 10.6. The number of aryl methyl sites for hydroxylation is 4. The van der Waals surface area contributed by atoms with Gasteiger partial charge in [0.1, 0.15) is 27.0 Å². The lowest BCUT2D eigenvalue weighted by Crippen LogP contribution is -2.32. The van der Waals surface area contributed by atoms with Gasteiger partial charge >= 0.3 is 0 Å². The minimum Gasteiger partial charge on any atom is -0.507 e. The zero-order chi connectivity index (χ0) is 45.1.